The Morgan fingerprint density at radius 3 is 3.03 bits per heavy atom. The van der Waals surface area contributed by atoms with Crippen molar-refractivity contribution in [1.82, 2.24) is 30.0 Å². The van der Waals surface area contributed by atoms with Crippen LogP contribution in [0.4, 0.5) is 0 Å². The first-order valence-electron chi connectivity index (χ1n) is 11.2. The third kappa shape index (κ3) is 4.25. The number of imidazole rings is 1. The van der Waals surface area contributed by atoms with Gasteiger partial charge < -0.3 is 10.3 Å². The second-order valence-corrected chi connectivity index (χ2v) is 8.56. The fourth-order valence-corrected chi connectivity index (χ4v) is 4.80. The van der Waals surface area contributed by atoms with Crippen molar-refractivity contribution in [2.45, 2.75) is 51.1 Å². The Morgan fingerprint density at radius 1 is 1.16 bits per heavy atom. The van der Waals surface area contributed by atoms with E-state index in [9.17, 15) is 9.59 Å². The molecule has 162 valence electrons. The molecule has 2 aliphatic rings. The number of aromatic amines is 1. The standard InChI is InChI=1S/C23H28N6O2/c30-22-13-16-4-3-6-19(16)27-29(22)11-10-28-9-2-1-5-18(28)14-24-23(31)17-7-8-20-21(12-17)26-15-25-20/h7-8,12-13,15,18H,1-6,9-11,14H2,(H,24,31)(H,25,26). The van der Waals surface area contributed by atoms with E-state index in [0.29, 0.717) is 18.7 Å². The number of aromatic nitrogens is 4. The van der Waals surface area contributed by atoms with Gasteiger partial charge in [-0.05, 0) is 62.4 Å². The fourth-order valence-electron chi connectivity index (χ4n) is 4.80. The van der Waals surface area contributed by atoms with Gasteiger partial charge >= 0.3 is 0 Å². The molecule has 8 nitrogen and oxygen atoms in total. The van der Waals surface area contributed by atoms with Gasteiger partial charge in [0.25, 0.3) is 11.5 Å². The largest absolute Gasteiger partial charge is 0.350 e. The van der Waals surface area contributed by atoms with Gasteiger partial charge in [-0.1, -0.05) is 6.42 Å². The number of rotatable bonds is 6. The molecular formula is C23H28N6O2. The van der Waals surface area contributed by atoms with Gasteiger partial charge in [0, 0.05) is 30.8 Å². The van der Waals surface area contributed by atoms with Crippen molar-refractivity contribution in [3.05, 3.63) is 57.8 Å². The van der Waals surface area contributed by atoms with E-state index in [2.05, 4.69) is 25.3 Å². The van der Waals surface area contributed by atoms with Crippen LogP contribution in [-0.2, 0) is 19.4 Å². The number of aryl methyl sites for hydroxylation is 2. The predicted molar refractivity (Wildman–Crippen MR) is 118 cm³/mol. The van der Waals surface area contributed by atoms with Crippen molar-refractivity contribution >= 4 is 16.9 Å². The van der Waals surface area contributed by atoms with Crippen molar-refractivity contribution in [3.63, 3.8) is 0 Å². The van der Waals surface area contributed by atoms with E-state index in [1.54, 1.807) is 17.1 Å². The molecule has 8 heteroatoms. The predicted octanol–water partition coefficient (Wildman–Crippen LogP) is 1.89. The van der Waals surface area contributed by atoms with Crippen LogP contribution in [0.2, 0.25) is 0 Å². The molecule has 1 unspecified atom stereocenters. The minimum atomic E-state index is -0.0708. The number of carbonyl (C=O) groups is 1. The highest BCUT2D eigenvalue weighted by molar-refractivity contribution is 5.97. The number of hydrogen-bond acceptors (Lipinski definition) is 5. The molecule has 1 aliphatic heterocycles. The van der Waals surface area contributed by atoms with E-state index in [0.717, 1.165) is 73.9 Å². The maximum absolute atomic E-state index is 12.7. The van der Waals surface area contributed by atoms with Crippen molar-refractivity contribution in [2.75, 3.05) is 19.6 Å². The summed E-state index contributed by atoms with van der Waals surface area (Å²) in [6.45, 7) is 2.95. The highest BCUT2D eigenvalue weighted by atomic mass is 16.1. The molecule has 2 aromatic heterocycles. The maximum Gasteiger partial charge on any atom is 0.267 e. The third-order valence-corrected chi connectivity index (χ3v) is 6.55. The molecule has 3 aromatic rings. The van der Waals surface area contributed by atoms with Gasteiger partial charge in [0.1, 0.15) is 0 Å². The average molecular weight is 421 g/mol. The summed E-state index contributed by atoms with van der Waals surface area (Å²) in [5, 5.41) is 7.70. The van der Waals surface area contributed by atoms with Gasteiger partial charge in [-0.15, -0.1) is 0 Å². The number of fused-ring (bicyclic) bond motifs is 2. The second kappa shape index (κ2) is 8.63. The number of amides is 1. The SMILES string of the molecule is O=C(NCC1CCCCN1CCn1nc2c(cc1=O)CCC2)c1ccc2nc[nH]c2c1. The number of carbonyl (C=O) groups excluding carboxylic acids is 1. The van der Waals surface area contributed by atoms with Crippen LogP contribution in [0.3, 0.4) is 0 Å². The molecule has 0 saturated carbocycles. The number of H-pyrrole nitrogens is 1. The van der Waals surface area contributed by atoms with Crippen LogP contribution in [0.15, 0.2) is 35.4 Å². The summed E-state index contributed by atoms with van der Waals surface area (Å²) < 4.78 is 1.62. The van der Waals surface area contributed by atoms with Crippen molar-refractivity contribution in [3.8, 4) is 0 Å². The first-order valence-corrected chi connectivity index (χ1v) is 11.2. The minimum absolute atomic E-state index is 0.00305. The highest BCUT2D eigenvalue weighted by Crippen LogP contribution is 2.19. The number of nitrogens with one attached hydrogen (secondary N) is 2. The Balaban J connectivity index is 1.20. The zero-order valence-corrected chi connectivity index (χ0v) is 17.6. The van der Waals surface area contributed by atoms with Crippen molar-refractivity contribution in [1.29, 1.82) is 0 Å². The first-order chi connectivity index (χ1) is 15.2. The smallest absolute Gasteiger partial charge is 0.267 e. The third-order valence-electron chi connectivity index (χ3n) is 6.55. The minimum Gasteiger partial charge on any atom is -0.350 e. The zero-order valence-electron chi connectivity index (χ0n) is 17.6. The molecular weight excluding hydrogens is 392 g/mol. The Labute approximate surface area is 180 Å². The molecule has 1 aliphatic carbocycles. The van der Waals surface area contributed by atoms with Crippen LogP contribution in [0, 0.1) is 0 Å². The molecule has 1 amide bonds. The number of hydrogen-bond donors (Lipinski definition) is 2. The van der Waals surface area contributed by atoms with E-state index in [1.807, 2.05) is 18.2 Å². The van der Waals surface area contributed by atoms with Crippen LogP contribution in [0.5, 0.6) is 0 Å². The lowest BCUT2D eigenvalue weighted by Crippen LogP contribution is -2.48. The van der Waals surface area contributed by atoms with Gasteiger partial charge in [-0.2, -0.15) is 5.10 Å². The molecule has 31 heavy (non-hydrogen) atoms. The Kier molecular flexibility index (Phi) is 5.55. The molecule has 0 radical (unpaired) electrons. The quantitative estimate of drug-likeness (QED) is 0.635. The average Bonchev–Trinajstić information content (AvgIpc) is 3.44. The van der Waals surface area contributed by atoms with Crippen LogP contribution in [-0.4, -0.2) is 56.2 Å². The van der Waals surface area contributed by atoms with Crippen LogP contribution in [0.1, 0.15) is 47.3 Å². The Hall–Kier alpha value is -3.00. The number of likely N-dealkylation sites (tertiary alicyclic amines) is 1. The van der Waals surface area contributed by atoms with E-state index in [-0.39, 0.29) is 17.5 Å². The van der Waals surface area contributed by atoms with Gasteiger partial charge in [0.2, 0.25) is 0 Å². The maximum atomic E-state index is 12.7. The van der Waals surface area contributed by atoms with Crippen LogP contribution < -0.4 is 10.9 Å². The topological polar surface area (TPSA) is 95.9 Å². The molecule has 1 saturated heterocycles. The van der Waals surface area contributed by atoms with Gasteiger partial charge in [0.05, 0.1) is 29.6 Å². The second-order valence-electron chi connectivity index (χ2n) is 8.56. The van der Waals surface area contributed by atoms with Crippen LogP contribution >= 0.6 is 0 Å². The van der Waals surface area contributed by atoms with Crippen LogP contribution in [0.25, 0.3) is 11.0 Å². The molecule has 0 spiro atoms. The summed E-state index contributed by atoms with van der Waals surface area (Å²) >= 11 is 0. The monoisotopic (exact) mass is 420 g/mol. The molecule has 2 N–H and O–H groups in total. The molecule has 1 fully saturated rings. The normalized spacial score (nSPS) is 18.9. The number of piperidine rings is 1. The van der Waals surface area contributed by atoms with E-state index >= 15 is 0 Å². The summed E-state index contributed by atoms with van der Waals surface area (Å²) in [4.78, 5) is 34.7. The van der Waals surface area contributed by atoms with E-state index in [4.69, 9.17) is 0 Å². The first kappa shape index (κ1) is 19.9. The summed E-state index contributed by atoms with van der Waals surface area (Å²) in [6, 6.07) is 7.54. The summed E-state index contributed by atoms with van der Waals surface area (Å²) in [5.41, 5.74) is 4.54. The summed E-state index contributed by atoms with van der Waals surface area (Å²) in [5.74, 6) is -0.0708. The Morgan fingerprint density at radius 2 is 2.10 bits per heavy atom. The van der Waals surface area contributed by atoms with E-state index < -0.39 is 0 Å². The lowest BCUT2D eigenvalue weighted by molar-refractivity contribution is 0.0909. The molecule has 3 heterocycles. The molecule has 1 aromatic carbocycles. The zero-order chi connectivity index (χ0) is 21.2. The van der Waals surface area contributed by atoms with Gasteiger partial charge in [-0.3, -0.25) is 14.5 Å². The lowest BCUT2D eigenvalue weighted by atomic mass is 10.0. The van der Waals surface area contributed by atoms with Crippen molar-refractivity contribution in [2.24, 2.45) is 0 Å². The molecule has 1 atom stereocenters. The highest BCUT2D eigenvalue weighted by Gasteiger charge is 2.23. The molecule has 5 rings (SSSR count). The van der Waals surface area contributed by atoms with Gasteiger partial charge in [0.15, 0.2) is 0 Å². The number of benzene rings is 1. The fraction of sp³-hybridized carbons (Fsp3) is 0.478. The molecule has 0 bridgehead atoms. The number of nitrogens with zero attached hydrogens (tertiary/aromatic N) is 4. The van der Waals surface area contributed by atoms with Gasteiger partial charge in [-0.25, -0.2) is 9.67 Å². The van der Waals surface area contributed by atoms with E-state index in [1.165, 1.54) is 0 Å². The van der Waals surface area contributed by atoms with Crippen molar-refractivity contribution < 1.29 is 4.79 Å². The summed E-state index contributed by atoms with van der Waals surface area (Å²) in [6.07, 6.45) is 8.02. The lowest BCUT2D eigenvalue weighted by Gasteiger charge is -2.35. The Bertz CT molecular complexity index is 1150. The summed E-state index contributed by atoms with van der Waals surface area (Å²) in [7, 11) is 0.